The molecule has 2 atom stereocenters. The normalized spacial score (nSPS) is 25.1. The van der Waals surface area contributed by atoms with Crippen molar-refractivity contribution in [1.82, 2.24) is 5.32 Å². The van der Waals surface area contributed by atoms with Crippen molar-refractivity contribution < 1.29 is 17.9 Å². The molecule has 0 aliphatic heterocycles. The number of hydrogen-bond donors (Lipinski definition) is 1. The summed E-state index contributed by atoms with van der Waals surface area (Å²) in [5.74, 6) is 0.202. The SMILES string of the molecule is CCNC1CC(c2ccc(OC(F)(F)F)cc2)C1(C)C. The highest BCUT2D eigenvalue weighted by Crippen LogP contribution is 2.52. The van der Waals surface area contributed by atoms with Gasteiger partial charge in [0.2, 0.25) is 0 Å². The van der Waals surface area contributed by atoms with Gasteiger partial charge >= 0.3 is 6.36 Å². The number of ether oxygens (including phenoxy) is 1. The van der Waals surface area contributed by atoms with E-state index in [1.165, 1.54) is 12.1 Å². The molecule has 1 fully saturated rings. The predicted octanol–water partition coefficient (Wildman–Crippen LogP) is 4.08. The fourth-order valence-electron chi connectivity index (χ4n) is 2.99. The lowest BCUT2D eigenvalue weighted by molar-refractivity contribution is -0.274. The van der Waals surface area contributed by atoms with Gasteiger partial charge in [-0.15, -0.1) is 13.2 Å². The second kappa shape index (κ2) is 5.28. The lowest BCUT2D eigenvalue weighted by Crippen LogP contribution is -2.55. The van der Waals surface area contributed by atoms with Gasteiger partial charge in [-0.05, 0) is 42.0 Å². The van der Waals surface area contributed by atoms with Crippen molar-refractivity contribution in [2.45, 2.75) is 45.5 Å². The highest BCUT2D eigenvalue weighted by Gasteiger charge is 2.48. The topological polar surface area (TPSA) is 21.3 Å². The zero-order valence-corrected chi connectivity index (χ0v) is 11.9. The van der Waals surface area contributed by atoms with Gasteiger partial charge in [-0.3, -0.25) is 0 Å². The van der Waals surface area contributed by atoms with E-state index < -0.39 is 6.36 Å². The van der Waals surface area contributed by atoms with Crippen LogP contribution < -0.4 is 10.1 Å². The molecule has 0 radical (unpaired) electrons. The summed E-state index contributed by atoms with van der Waals surface area (Å²) in [5, 5.41) is 3.44. The third-order valence-electron chi connectivity index (χ3n) is 4.23. The van der Waals surface area contributed by atoms with Crippen LogP contribution in [0, 0.1) is 5.41 Å². The molecule has 0 amide bonds. The maximum absolute atomic E-state index is 12.1. The first kappa shape index (κ1) is 15.2. The van der Waals surface area contributed by atoms with Gasteiger partial charge in [0.25, 0.3) is 0 Å². The van der Waals surface area contributed by atoms with Crippen molar-refractivity contribution in [3.63, 3.8) is 0 Å². The molecule has 1 aromatic rings. The Morgan fingerprint density at radius 1 is 1.25 bits per heavy atom. The smallest absolute Gasteiger partial charge is 0.406 e. The molecule has 0 heterocycles. The zero-order chi connectivity index (χ0) is 15.0. The molecule has 0 aromatic heterocycles. The quantitative estimate of drug-likeness (QED) is 0.901. The third-order valence-corrected chi connectivity index (χ3v) is 4.23. The van der Waals surface area contributed by atoms with E-state index in [-0.39, 0.29) is 11.2 Å². The Balaban J connectivity index is 2.05. The molecular weight excluding hydrogens is 267 g/mol. The van der Waals surface area contributed by atoms with E-state index in [0.717, 1.165) is 18.5 Å². The molecule has 1 aliphatic carbocycles. The molecule has 20 heavy (non-hydrogen) atoms. The number of rotatable bonds is 4. The first-order chi connectivity index (χ1) is 9.24. The average molecular weight is 287 g/mol. The van der Waals surface area contributed by atoms with Crippen molar-refractivity contribution >= 4 is 0 Å². The Morgan fingerprint density at radius 3 is 2.30 bits per heavy atom. The van der Waals surface area contributed by atoms with Gasteiger partial charge in [0, 0.05) is 6.04 Å². The van der Waals surface area contributed by atoms with Crippen molar-refractivity contribution in [2.24, 2.45) is 5.41 Å². The van der Waals surface area contributed by atoms with Crippen LogP contribution in [0.15, 0.2) is 24.3 Å². The maximum Gasteiger partial charge on any atom is 0.573 e. The Morgan fingerprint density at radius 2 is 1.85 bits per heavy atom. The Bertz CT molecular complexity index is 453. The molecule has 2 nitrogen and oxygen atoms in total. The van der Waals surface area contributed by atoms with E-state index in [0.29, 0.717) is 12.0 Å². The van der Waals surface area contributed by atoms with Crippen LogP contribution in [0.5, 0.6) is 5.75 Å². The minimum absolute atomic E-state index is 0.114. The lowest BCUT2D eigenvalue weighted by atomic mass is 9.56. The van der Waals surface area contributed by atoms with Crippen LogP contribution in [-0.2, 0) is 0 Å². The minimum Gasteiger partial charge on any atom is -0.406 e. The van der Waals surface area contributed by atoms with Crippen molar-refractivity contribution in [3.8, 4) is 5.75 Å². The first-order valence-electron chi connectivity index (χ1n) is 6.83. The Hall–Kier alpha value is -1.23. The summed E-state index contributed by atoms with van der Waals surface area (Å²) in [7, 11) is 0. The summed E-state index contributed by atoms with van der Waals surface area (Å²) in [5.41, 5.74) is 1.18. The highest BCUT2D eigenvalue weighted by atomic mass is 19.4. The largest absolute Gasteiger partial charge is 0.573 e. The van der Waals surface area contributed by atoms with E-state index in [1.807, 2.05) is 0 Å². The molecular formula is C15H20F3NO. The molecule has 2 rings (SSSR count). The van der Waals surface area contributed by atoms with Gasteiger partial charge in [-0.1, -0.05) is 32.9 Å². The molecule has 2 unspecified atom stereocenters. The van der Waals surface area contributed by atoms with E-state index in [2.05, 4.69) is 30.8 Å². The molecule has 0 saturated heterocycles. The molecule has 1 saturated carbocycles. The molecule has 0 bridgehead atoms. The fourth-order valence-corrected chi connectivity index (χ4v) is 2.99. The maximum atomic E-state index is 12.1. The van der Waals surface area contributed by atoms with Crippen molar-refractivity contribution in [3.05, 3.63) is 29.8 Å². The molecule has 1 aliphatic rings. The summed E-state index contributed by atoms with van der Waals surface area (Å²) in [6, 6.07) is 6.70. The van der Waals surface area contributed by atoms with E-state index in [4.69, 9.17) is 0 Å². The first-order valence-corrected chi connectivity index (χ1v) is 6.83. The van der Waals surface area contributed by atoms with Crippen LogP contribution in [0.3, 0.4) is 0 Å². The van der Waals surface area contributed by atoms with Gasteiger partial charge < -0.3 is 10.1 Å². The van der Waals surface area contributed by atoms with Crippen LogP contribution in [-0.4, -0.2) is 18.9 Å². The zero-order valence-electron chi connectivity index (χ0n) is 11.9. The summed E-state index contributed by atoms with van der Waals surface area (Å²) >= 11 is 0. The van der Waals surface area contributed by atoms with E-state index in [9.17, 15) is 13.2 Å². The minimum atomic E-state index is -4.63. The molecule has 1 aromatic carbocycles. The van der Waals surface area contributed by atoms with Crippen LogP contribution in [0.4, 0.5) is 13.2 Å². The van der Waals surface area contributed by atoms with Crippen LogP contribution >= 0.6 is 0 Å². The summed E-state index contributed by atoms with van der Waals surface area (Å²) < 4.78 is 40.2. The van der Waals surface area contributed by atoms with Gasteiger partial charge in [0.15, 0.2) is 0 Å². The average Bonchev–Trinajstić information content (AvgIpc) is 2.34. The number of benzene rings is 1. The monoisotopic (exact) mass is 287 g/mol. The Kier molecular flexibility index (Phi) is 4.00. The second-order valence-corrected chi connectivity index (χ2v) is 5.84. The van der Waals surface area contributed by atoms with Crippen LogP contribution in [0.1, 0.15) is 38.7 Å². The third kappa shape index (κ3) is 3.08. The fraction of sp³-hybridized carbons (Fsp3) is 0.600. The lowest BCUT2D eigenvalue weighted by Gasteiger charge is -2.53. The molecule has 112 valence electrons. The van der Waals surface area contributed by atoms with Crippen molar-refractivity contribution in [1.29, 1.82) is 0 Å². The van der Waals surface area contributed by atoms with Gasteiger partial charge in [-0.25, -0.2) is 0 Å². The second-order valence-electron chi connectivity index (χ2n) is 5.84. The number of nitrogens with one attached hydrogen (secondary N) is 1. The van der Waals surface area contributed by atoms with E-state index >= 15 is 0 Å². The number of hydrogen-bond acceptors (Lipinski definition) is 2. The standard InChI is InChI=1S/C15H20F3NO/c1-4-19-13-9-12(14(13,2)3)10-5-7-11(8-6-10)20-15(16,17)18/h5-8,12-13,19H,4,9H2,1-3H3. The van der Waals surface area contributed by atoms with Crippen molar-refractivity contribution in [2.75, 3.05) is 6.54 Å². The van der Waals surface area contributed by atoms with Gasteiger partial charge in [0.1, 0.15) is 5.75 Å². The molecule has 0 spiro atoms. The summed E-state index contributed by atoms with van der Waals surface area (Å²) in [6.07, 6.45) is -3.62. The van der Waals surface area contributed by atoms with Crippen LogP contribution in [0.2, 0.25) is 0 Å². The van der Waals surface area contributed by atoms with Gasteiger partial charge in [-0.2, -0.15) is 0 Å². The van der Waals surface area contributed by atoms with Crippen LogP contribution in [0.25, 0.3) is 0 Å². The van der Waals surface area contributed by atoms with Gasteiger partial charge in [0.05, 0.1) is 0 Å². The summed E-state index contributed by atoms with van der Waals surface area (Å²) in [4.78, 5) is 0. The highest BCUT2D eigenvalue weighted by molar-refractivity contribution is 5.33. The predicted molar refractivity (Wildman–Crippen MR) is 71.7 cm³/mol. The molecule has 5 heteroatoms. The number of halogens is 3. The summed E-state index contributed by atoms with van der Waals surface area (Å²) in [6.45, 7) is 7.38. The Labute approximate surface area is 117 Å². The molecule has 1 N–H and O–H groups in total. The van der Waals surface area contributed by atoms with E-state index in [1.54, 1.807) is 12.1 Å². The number of alkyl halides is 3.